The van der Waals surface area contributed by atoms with E-state index in [0.717, 1.165) is 5.57 Å². The maximum atomic E-state index is 10.7. The zero-order chi connectivity index (χ0) is 20.4. The van der Waals surface area contributed by atoms with E-state index in [9.17, 15) is 4.79 Å². The number of aliphatic carboxylic acids is 1. The fourth-order valence-electron chi connectivity index (χ4n) is 3.17. The predicted octanol–water partition coefficient (Wildman–Crippen LogP) is 7.11. The van der Waals surface area contributed by atoms with Gasteiger partial charge in [0.2, 0.25) is 0 Å². The molecule has 1 N–H and O–H groups in total. The lowest BCUT2D eigenvalue weighted by Gasteiger charge is -2.32. The van der Waals surface area contributed by atoms with Gasteiger partial charge in [-0.05, 0) is 57.9 Å². The van der Waals surface area contributed by atoms with Gasteiger partial charge in [0, 0.05) is 5.57 Å². The van der Waals surface area contributed by atoms with Crippen LogP contribution in [-0.2, 0) is 4.79 Å². The standard InChI is InChI=1S/C25H34O2/c1-19(11-7-8-14-22(4)24(26)27)12-9-13-20(2)16-17-23-21(3)15-10-18-25(23,5)6/h7-9,11-14,16-17H,10,15,18H2,1-6H3,(H,26,27). The molecule has 0 unspecified atom stereocenters. The van der Waals surface area contributed by atoms with Crippen LogP contribution < -0.4 is 0 Å². The van der Waals surface area contributed by atoms with Gasteiger partial charge in [0.15, 0.2) is 0 Å². The summed E-state index contributed by atoms with van der Waals surface area (Å²) in [4.78, 5) is 10.7. The van der Waals surface area contributed by atoms with Gasteiger partial charge in [0.25, 0.3) is 0 Å². The summed E-state index contributed by atoms with van der Waals surface area (Å²) in [5.41, 5.74) is 5.92. The van der Waals surface area contributed by atoms with E-state index in [0.29, 0.717) is 5.57 Å². The molecule has 0 fully saturated rings. The molecule has 27 heavy (non-hydrogen) atoms. The molecule has 0 amide bonds. The average molecular weight is 367 g/mol. The Hall–Kier alpha value is -2.35. The van der Waals surface area contributed by atoms with Crippen LogP contribution in [0.5, 0.6) is 0 Å². The molecule has 1 rings (SSSR count). The summed E-state index contributed by atoms with van der Waals surface area (Å²) in [5, 5.41) is 8.79. The van der Waals surface area contributed by atoms with E-state index in [1.165, 1.54) is 36.0 Å². The van der Waals surface area contributed by atoms with Crippen molar-refractivity contribution in [2.75, 3.05) is 0 Å². The van der Waals surface area contributed by atoms with Crippen molar-refractivity contribution in [2.45, 2.75) is 60.8 Å². The molecule has 0 radical (unpaired) electrons. The molecule has 0 aromatic carbocycles. The predicted molar refractivity (Wildman–Crippen MR) is 117 cm³/mol. The molecule has 0 heterocycles. The number of hydrogen-bond donors (Lipinski definition) is 1. The van der Waals surface area contributed by atoms with Gasteiger partial charge in [-0.3, -0.25) is 0 Å². The zero-order valence-electron chi connectivity index (χ0n) is 17.7. The Morgan fingerprint density at radius 2 is 1.56 bits per heavy atom. The summed E-state index contributed by atoms with van der Waals surface area (Å²) in [6.45, 7) is 12.6. The fraction of sp³-hybridized carbons (Fsp3) is 0.400. The molecule has 0 aromatic heterocycles. The molecular weight excluding hydrogens is 332 g/mol. The Bertz CT molecular complexity index is 747. The number of carboxylic acid groups (broad SMARTS) is 1. The lowest BCUT2D eigenvalue weighted by Crippen LogP contribution is -2.19. The summed E-state index contributed by atoms with van der Waals surface area (Å²) >= 11 is 0. The van der Waals surface area contributed by atoms with Crippen molar-refractivity contribution in [3.05, 3.63) is 82.5 Å². The minimum absolute atomic E-state index is 0.272. The lowest BCUT2D eigenvalue weighted by molar-refractivity contribution is -0.132. The zero-order valence-corrected chi connectivity index (χ0v) is 17.7. The van der Waals surface area contributed by atoms with Crippen LogP contribution in [0.15, 0.2) is 82.5 Å². The van der Waals surface area contributed by atoms with Gasteiger partial charge in [-0.25, -0.2) is 4.79 Å². The highest BCUT2D eigenvalue weighted by Gasteiger charge is 2.26. The van der Waals surface area contributed by atoms with Crippen molar-refractivity contribution in [3.63, 3.8) is 0 Å². The van der Waals surface area contributed by atoms with E-state index in [2.05, 4.69) is 45.9 Å². The summed E-state index contributed by atoms with van der Waals surface area (Å²) in [6.07, 6.45) is 21.6. The van der Waals surface area contributed by atoms with Crippen molar-refractivity contribution in [3.8, 4) is 0 Å². The second-order valence-electron chi connectivity index (χ2n) is 7.98. The Labute approximate surface area is 165 Å². The fourth-order valence-corrected chi connectivity index (χ4v) is 3.17. The monoisotopic (exact) mass is 366 g/mol. The largest absolute Gasteiger partial charge is 0.478 e. The van der Waals surface area contributed by atoms with Crippen LogP contribution in [0.2, 0.25) is 0 Å². The lowest BCUT2D eigenvalue weighted by atomic mass is 9.72. The van der Waals surface area contributed by atoms with Gasteiger partial charge in [-0.15, -0.1) is 0 Å². The summed E-state index contributed by atoms with van der Waals surface area (Å²) in [7, 11) is 0. The van der Waals surface area contributed by atoms with Crippen molar-refractivity contribution in [1.82, 2.24) is 0 Å². The number of allylic oxidation sites excluding steroid dienone is 13. The minimum atomic E-state index is -0.892. The van der Waals surface area contributed by atoms with E-state index < -0.39 is 5.97 Å². The molecule has 146 valence electrons. The third-order valence-corrected chi connectivity index (χ3v) is 4.93. The maximum Gasteiger partial charge on any atom is 0.331 e. The molecule has 0 aliphatic heterocycles. The second kappa shape index (κ2) is 10.7. The van der Waals surface area contributed by atoms with Gasteiger partial charge in [-0.1, -0.05) is 85.3 Å². The van der Waals surface area contributed by atoms with E-state index in [4.69, 9.17) is 5.11 Å². The smallest absolute Gasteiger partial charge is 0.331 e. The molecule has 2 nitrogen and oxygen atoms in total. The number of rotatable bonds is 7. The Morgan fingerprint density at radius 1 is 0.963 bits per heavy atom. The van der Waals surface area contributed by atoms with E-state index in [1.807, 2.05) is 31.2 Å². The van der Waals surface area contributed by atoms with Crippen molar-refractivity contribution in [1.29, 1.82) is 0 Å². The Balaban J connectivity index is 2.70. The minimum Gasteiger partial charge on any atom is -0.478 e. The van der Waals surface area contributed by atoms with Gasteiger partial charge in [0.05, 0.1) is 0 Å². The average Bonchev–Trinajstić information content (AvgIpc) is 2.57. The molecule has 0 saturated heterocycles. The Morgan fingerprint density at radius 3 is 2.19 bits per heavy atom. The van der Waals surface area contributed by atoms with Crippen LogP contribution in [-0.4, -0.2) is 11.1 Å². The second-order valence-corrected chi connectivity index (χ2v) is 7.98. The molecule has 0 saturated carbocycles. The summed E-state index contributed by atoms with van der Waals surface area (Å²) in [5.74, 6) is -0.892. The first-order valence-corrected chi connectivity index (χ1v) is 9.62. The first kappa shape index (κ1) is 22.7. The molecule has 0 atom stereocenters. The van der Waals surface area contributed by atoms with Crippen LogP contribution in [0.1, 0.15) is 60.8 Å². The van der Waals surface area contributed by atoms with Crippen molar-refractivity contribution >= 4 is 5.97 Å². The third kappa shape index (κ3) is 8.25. The van der Waals surface area contributed by atoms with Crippen LogP contribution in [0.4, 0.5) is 0 Å². The summed E-state index contributed by atoms with van der Waals surface area (Å²) in [6, 6.07) is 0. The van der Waals surface area contributed by atoms with E-state index in [-0.39, 0.29) is 5.41 Å². The van der Waals surface area contributed by atoms with Crippen LogP contribution in [0.3, 0.4) is 0 Å². The molecule has 0 spiro atoms. The molecule has 2 heteroatoms. The normalized spacial score (nSPS) is 19.7. The Kier molecular flexibility index (Phi) is 9.00. The van der Waals surface area contributed by atoms with Crippen LogP contribution in [0.25, 0.3) is 0 Å². The highest BCUT2D eigenvalue weighted by molar-refractivity contribution is 5.86. The quantitative estimate of drug-likeness (QED) is 0.385. The number of carbonyl (C=O) groups is 1. The first-order chi connectivity index (χ1) is 12.6. The van der Waals surface area contributed by atoms with E-state index in [1.54, 1.807) is 19.1 Å². The molecule has 1 aliphatic carbocycles. The van der Waals surface area contributed by atoms with E-state index >= 15 is 0 Å². The molecule has 0 bridgehead atoms. The van der Waals surface area contributed by atoms with Crippen molar-refractivity contribution < 1.29 is 9.90 Å². The van der Waals surface area contributed by atoms with Gasteiger partial charge in [0.1, 0.15) is 0 Å². The molecule has 1 aliphatic rings. The van der Waals surface area contributed by atoms with Crippen molar-refractivity contribution in [2.24, 2.45) is 5.41 Å². The van der Waals surface area contributed by atoms with Crippen LogP contribution in [0, 0.1) is 5.41 Å². The third-order valence-electron chi connectivity index (χ3n) is 4.93. The molecular formula is C25H34O2. The SMILES string of the molecule is CC(C=CC=C(C)C=CC1=C(C)CCCC1(C)C)=CC=CC=C(C)C(=O)O. The highest BCUT2D eigenvalue weighted by atomic mass is 16.4. The van der Waals surface area contributed by atoms with Crippen LogP contribution >= 0.6 is 0 Å². The van der Waals surface area contributed by atoms with Gasteiger partial charge < -0.3 is 5.11 Å². The molecule has 0 aromatic rings. The number of carboxylic acids is 1. The number of hydrogen-bond acceptors (Lipinski definition) is 1. The topological polar surface area (TPSA) is 37.3 Å². The first-order valence-electron chi connectivity index (χ1n) is 9.62. The van der Waals surface area contributed by atoms with Gasteiger partial charge in [-0.2, -0.15) is 0 Å². The van der Waals surface area contributed by atoms with Gasteiger partial charge >= 0.3 is 5.97 Å². The maximum absolute atomic E-state index is 10.7. The highest BCUT2D eigenvalue weighted by Crippen LogP contribution is 2.40. The summed E-state index contributed by atoms with van der Waals surface area (Å²) < 4.78 is 0.